The Morgan fingerprint density at radius 3 is 2.85 bits per heavy atom. The Labute approximate surface area is 117 Å². The second kappa shape index (κ2) is 6.19. The van der Waals surface area contributed by atoms with Crippen molar-refractivity contribution in [2.75, 3.05) is 6.54 Å². The highest BCUT2D eigenvalue weighted by Gasteiger charge is 2.29. The van der Waals surface area contributed by atoms with Gasteiger partial charge in [-0.05, 0) is 38.3 Å². The van der Waals surface area contributed by atoms with Crippen molar-refractivity contribution in [3.63, 3.8) is 0 Å². The van der Waals surface area contributed by atoms with Crippen molar-refractivity contribution in [2.45, 2.75) is 45.4 Å². The molecule has 4 N–H and O–H groups in total. The van der Waals surface area contributed by atoms with Crippen LogP contribution >= 0.6 is 0 Å². The third kappa shape index (κ3) is 3.26. The van der Waals surface area contributed by atoms with Crippen LogP contribution in [0.15, 0.2) is 10.9 Å². The molecule has 2 heterocycles. The molecule has 6 heteroatoms. The van der Waals surface area contributed by atoms with Gasteiger partial charge in [-0.3, -0.25) is 9.59 Å². The standard InChI is InChI=1S/C14H21N3O3/c1-8-5-9(2)17-13(18)11(8)7-16-14(19)12-4-3-10(6-15)20-12/h5,10,12H,3-4,6-7,15H2,1-2H3,(H,16,19)(H,17,18)/t10-,12+/m1/s1. The van der Waals surface area contributed by atoms with Gasteiger partial charge in [-0.15, -0.1) is 0 Å². The lowest BCUT2D eigenvalue weighted by Crippen LogP contribution is -2.36. The van der Waals surface area contributed by atoms with Crippen molar-refractivity contribution >= 4 is 5.91 Å². The van der Waals surface area contributed by atoms with Crippen molar-refractivity contribution in [1.82, 2.24) is 10.3 Å². The molecule has 1 aromatic heterocycles. The number of aromatic nitrogens is 1. The molecule has 6 nitrogen and oxygen atoms in total. The first-order chi connectivity index (χ1) is 9.51. The topological polar surface area (TPSA) is 97.2 Å². The lowest BCUT2D eigenvalue weighted by atomic mass is 10.1. The molecule has 1 fully saturated rings. The molecule has 1 amide bonds. The van der Waals surface area contributed by atoms with Crippen LogP contribution in [0.4, 0.5) is 0 Å². The first-order valence-electron chi connectivity index (χ1n) is 6.84. The van der Waals surface area contributed by atoms with Gasteiger partial charge in [0.05, 0.1) is 6.10 Å². The van der Waals surface area contributed by atoms with E-state index >= 15 is 0 Å². The number of nitrogens with two attached hydrogens (primary N) is 1. The van der Waals surface area contributed by atoms with E-state index in [1.807, 2.05) is 19.9 Å². The monoisotopic (exact) mass is 279 g/mol. The average molecular weight is 279 g/mol. The molecule has 0 aliphatic carbocycles. The molecule has 0 unspecified atom stereocenters. The molecular weight excluding hydrogens is 258 g/mol. The Morgan fingerprint density at radius 1 is 1.50 bits per heavy atom. The maximum atomic E-state index is 12.0. The van der Waals surface area contributed by atoms with E-state index < -0.39 is 6.10 Å². The van der Waals surface area contributed by atoms with Crippen molar-refractivity contribution < 1.29 is 9.53 Å². The van der Waals surface area contributed by atoms with Crippen LogP contribution in [-0.4, -0.2) is 29.6 Å². The van der Waals surface area contributed by atoms with Crippen LogP contribution in [0.1, 0.15) is 29.7 Å². The number of aromatic amines is 1. The lowest BCUT2D eigenvalue weighted by Gasteiger charge is -2.13. The zero-order chi connectivity index (χ0) is 14.7. The van der Waals surface area contributed by atoms with E-state index in [1.54, 1.807) is 0 Å². The summed E-state index contributed by atoms with van der Waals surface area (Å²) >= 11 is 0. The quantitative estimate of drug-likeness (QED) is 0.729. The number of amides is 1. The van der Waals surface area contributed by atoms with E-state index in [2.05, 4.69) is 10.3 Å². The molecule has 110 valence electrons. The number of nitrogens with one attached hydrogen (secondary N) is 2. The van der Waals surface area contributed by atoms with Gasteiger partial charge in [-0.1, -0.05) is 0 Å². The Bertz CT molecular complexity index is 553. The number of H-pyrrole nitrogens is 1. The second-order valence-electron chi connectivity index (χ2n) is 5.22. The first kappa shape index (κ1) is 14.7. The molecule has 2 rings (SSSR count). The summed E-state index contributed by atoms with van der Waals surface area (Å²) in [6.07, 6.45) is 0.999. The largest absolute Gasteiger partial charge is 0.364 e. The van der Waals surface area contributed by atoms with Crippen LogP contribution < -0.4 is 16.6 Å². The molecular formula is C14H21N3O3. The molecule has 1 aromatic rings. The van der Waals surface area contributed by atoms with Gasteiger partial charge >= 0.3 is 0 Å². The number of carbonyl (C=O) groups excluding carboxylic acids is 1. The molecule has 0 saturated carbocycles. The predicted octanol–water partition coefficient (Wildman–Crippen LogP) is 0.114. The van der Waals surface area contributed by atoms with Crippen molar-refractivity contribution in [1.29, 1.82) is 0 Å². The van der Waals surface area contributed by atoms with Crippen LogP contribution in [0.25, 0.3) is 0 Å². The van der Waals surface area contributed by atoms with Crippen LogP contribution in [0.3, 0.4) is 0 Å². The van der Waals surface area contributed by atoms with Crippen molar-refractivity contribution in [3.8, 4) is 0 Å². The first-order valence-corrected chi connectivity index (χ1v) is 6.84. The van der Waals surface area contributed by atoms with Gasteiger partial charge in [0, 0.05) is 24.3 Å². The number of pyridine rings is 1. The smallest absolute Gasteiger partial charge is 0.253 e. The van der Waals surface area contributed by atoms with Crippen molar-refractivity contribution in [2.24, 2.45) is 5.73 Å². The average Bonchev–Trinajstić information content (AvgIpc) is 2.86. The van der Waals surface area contributed by atoms with Gasteiger partial charge in [0.1, 0.15) is 6.10 Å². The number of aryl methyl sites for hydroxylation is 2. The number of carbonyl (C=O) groups is 1. The Kier molecular flexibility index (Phi) is 4.57. The van der Waals surface area contributed by atoms with Crippen LogP contribution in [0.2, 0.25) is 0 Å². The third-order valence-electron chi connectivity index (χ3n) is 3.60. The second-order valence-corrected chi connectivity index (χ2v) is 5.22. The van der Waals surface area contributed by atoms with E-state index in [0.717, 1.165) is 17.7 Å². The maximum absolute atomic E-state index is 12.0. The zero-order valence-electron chi connectivity index (χ0n) is 11.9. The minimum Gasteiger partial charge on any atom is -0.364 e. The highest BCUT2D eigenvalue weighted by molar-refractivity contribution is 5.81. The van der Waals surface area contributed by atoms with E-state index in [-0.39, 0.29) is 24.1 Å². The summed E-state index contributed by atoms with van der Waals surface area (Å²) in [5.41, 5.74) is 7.62. The Balaban J connectivity index is 1.96. The zero-order valence-corrected chi connectivity index (χ0v) is 11.9. The minimum atomic E-state index is -0.451. The fourth-order valence-electron chi connectivity index (χ4n) is 2.46. The SMILES string of the molecule is Cc1cc(C)c(CNC(=O)[C@@H]2CC[C@H](CN)O2)c(=O)[nH]1. The summed E-state index contributed by atoms with van der Waals surface area (Å²) in [7, 11) is 0. The molecule has 0 spiro atoms. The Hall–Kier alpha value is -1.66. The fourth-order valence-corrected chi connectivity index (χ4v) is 2.46. The summed E-state index contributed by atoms with van der Waals surface area (Å²) in [5, 5.41) is 2.76. The van der Waals surface area contributed by atoms with Gasteiger partial charge in [0.25, 0.3) is 5.56 Å². The molecule has 1 saturated heterocycles. The highest BCUT2D eigenvalue weighted by atomic mass is 16.5. The number of ether oxygens (including phenoxy) is 1. The van der Waals surface area contributed by atoms with Gasteiger partial charge in [0.15, 0.2) is 0 Å². The molecule has 20 heavy (non-hydrogen) atoms. The molecule has 2 atom stereocenters. The van der Waals surface area contributed by atoms with Crippen LogP contribution in [0, 0.1) is 13.8 Å². The van der Waals surface area contributed by atoms with Gasteiger partial charge in [-0.2, -0.15) is 0 Å². The Morgan fingerprint density at radius 2 is 2.25 bits per heavy atom. The molecule has 1 aliphatic heterocycles. The lowest BCUT2D eigenvalue weighted by molar-refractivity contribution is -0.132. The van der Waals surface area contributed by atoms with Gasteiger partial charge < -0.3 is 20.8 Å². The van der Waals surface area contributed by atoms with Crippen LogP contribution in [0.5, 0.6) is 0 Å². The summed E-state index contributed by atoms with van der Waals surface area (Å²) in [6.45, 7) is 4.34. The van der Waals surface area contributed by atoms with Crippen molar-refractivity contribution in [3.05, 3.63) is 33.2 Å². The van der Waals surface area contributed by atoms with E-state index in [0.29, 0.717) is 18.5 Å². The number of rotatable bonds is 4. The molecule has 0 radical (unpaired) electrons. The molecule has 0 bridgehead atoms. The number of hydrogen-bond acceptors (Lipinski definition) is 4. The van der Waals surface area contributed by atoms with E-state index in [1.165, 1.54) is 0 Å². The summed E-state index contributed by atoms with van der Waals surface area (Å²) in [6, 6.07) is 1.89. The highest BCUT2D eigenvalue weighted by Crippen LogP contribution is 2.18. The fraction of sp³-hybridized carbons (Fsp3) is 0.571. The normalized spacial score (nSPS) is 21.9. The number of hydrogen-bond donors (Lipinski definition) is 3. The molecule has 0 aromatic carbocycles. The third-order valence-corrected chi connectivity index (χ3v) is 3.60. The summed E-state index contributed by atoms with van der Waals surface area (Å²) in [4.78, 5) is 26.6. The van der Waals surface area contributed by atoms with E-state index in [4.69, 9.17) is 10.5 Å². The van der Waals surface area contributed by atoms with E-state index in [9.17, 15) is 9.59 Å². The summed E-state index contributed by atoms with van der Waals surface area (Å²) < 4.78 is 5.52. The van der Waals surface area contributed by atoms with Gasteiger partial charge in [-0.25, -0.2) is 0 Å². The van der Waals surface area contributed by atoms with Crippen LogP contribution in [-0.2, 0) is 16.1 Å². The van der Waals surface area contributed by atoms with Gasteiger partial charge in [0.2, 0.25) is 5.91 Å². The predicted molar refractivity (Wildman–Crippen MR) is 75.3 cm³/mol. The molecule has 1 aliphatic rings. The minimum absolute atomic E-state index is 0.0322. The maximum Gasteiger partial charge on any atom is 0.253 e. The summed E-state index contributed by atoms with van der Waals surface area (Å²) in [5.74, 6) is -0.180.